The highest BCUT2D eigenvalue weighted by molar-refractivity contribution is 5.86. The summed E-state index contributed by atoms with van der Waals surface area (Å²) in [5, 5.41) is 4.40. The van der Waals surface area contributed by atoms with Crippen LogP contribution in [0.25, 0.3) is 28.4 Å². The maximum atomic E-state index is 12.6. The third-order valence-corrected chi connectivity index (χ3v) is 4.59. The van der Waals surface area contributed by atoms with Crippen molar-refractivity contribution in [3.8, 4) is 17.3 Å². The zero-order valence-electron chi connectivity index (χ0n) is 14.9. The zero-order chi connectivity index (χ0) is 18.9. The lowest BCUT2D eigenvalue weighted by Gasteiger charge is -2.28. The van der Waals surface area contributed by atoms with Crippen LogP contribution in [0.2, 0.25) is 0 Å². The van der Waals surface area contributed by atoms with E-state index in [1.807, 2.05) is 42.5 Å². The van der Waals surface area contributed by atoms with Crippen molar-refractivity contribution < 1.29 is 4.74 Å². The molecule has 5 rings (SSSR count). The van der Waals surface area contributed by atoms with Gasteiger partial charge >= 0.3 is 5.69 Å². The Labute approximate surface area is 159 Å². The van der Waals surface area contributed by atoms with Crippen LogP contribution in [0.1, 0.15) is 0 Å². The van der Waals surface area contributed by atoms with Gasteiger partial charge in [0.1, 0.15) is 5.52 Å². The molecular weight excluding hydrogens is 358 g/mol. The quantitative estimate of drug-likeness (QED) is 0.577. The van der Waals surface area contributed by atoms with Crippen LogP contribution in [0.4, 0.5) is 5.82 Å². The molecule has 1 aromatic carbocycles. The standard InChI is InChI=1S/C19H17N7O2/c27-19-22-16(13-5-2-1-3-6-13)24-26(19)18-21-14-7-4-8-20-15(14)17(23-18)25-9-11-28-12-10-25/h1-8H,9-12H2,(H,22,24,27). The number of nitrogens with one attached hydrogen (secondary N) is 1. The zero-order valence-corrected chi connectivity index (χ0v) is 14.9. The Bertz CT molecular complexity index is 1180. The van der Waals surface area contributed by atoms with Gasteiger partial charge in [0.15, 0.2) is 11.6 Å². The fraction of sp³-hybridized carbons (Fsp3) is 0.211. The average Bonchev–Trinajstić information content (AvgIpc) is 3.16. The maximum Gasteiger partial charge on any atom is 0.351 e. The molecule has 1 aliphatic rings. The Morgan fingerprint density at radius 2 is 1.82 bits per heavy atom. The van der Waals surface area contributed by atoms with Gasteiger partial charge in [-0.25, -0.2) is 9.78 Å². The smallest absolute Gasteiger partial charge is 0.351 e. The fourth-order valence-corrected chi connectivity index (χ4v) is 3.22. The summed E-state index contributed by atoms with van der Waals surface area (Å²) in [6.45, 7) is 2.64. The van der Waals surface area contributed by atoms with Crippen molar-refractivity contribution in [3.63, 3.8) is 0 Å². The van der Waals surface area contributed by atoms with Crippen molar-refractivity contribution in [3.05, 3.63) is 59.1 Å². The predicted molar refractivity (Wildman–Crippen MR) is 104 cm³/mol. The second kappa shape index (κ2) is 6.86. The first-order valence-electron chi connectivity index (χ1n) is 9.00. The van der Waals surface area contributed by atoms with Crippen molar-refractivity contribution in [1.82, 2.24) is 29.7 Å². The molecule has 3 aromatic heterocycles. The number of anilines is 1. The number of hydrogen-bond donors (Lipinski definition) is 1. The second-order valence-electron chi connectivity index (χ2n) is 6.37. The number of aromatic nitrogens is 6. The van der Waals surface area contributed by atoms with E-state index in [4.69, 9.17) is 4.74 Å². The first-order valence-corrected chi connectivity index (χ1v) is 9.00. The van der Waals surface area contributed by atoms with E-state index in [0.29, 0.717) is 49.0 Å². The minimum Gasteiger partial charge on any atom is -0.378 e. The Balaban J connectivity index is 1.65. The largest absolute Gasteiger partial charge is 0.378 e. The van der Waals surface area contributed by atoms with Gasteiger partial charge in [0, 0.05) is 24.8 Å². The van der Waals surface area contributed by atoms with Gasteiger partial charge in [0.25, 0.3) is 5.95 Å². The van der Waals surface area contributed by atoms with Crippen molar-refractivity contribution in [2.45, 2.75) is 0 Å². The summed E-state index contributed by atoms with van der Waals surface area (Å²) >= 11 is 0. The molecule has 1 aliphatic heterocycles. The topological polar surface area (TPSA) is 102 Å². The van der Waals surface area contributed by atoms with E-state index in [1.165, 1.54) is 4.68 Å². The molecule has 0 atom stereocenters. The van der Waals surface area contributed by atoms with Gasteiger partial charge < -0.3 is 9.64 Å². The maximum absolute atomic E-state index is 12.6. The van der Waals surface area contributed by atoms with Crippen molar-refractivity contribution in [1.29, 1.82) is 0 Å². The van der Waals surface area contributed by atoms with E-state index in [9.17, 15) is 4.79 Å². The molecule has 0 unspecified atom stereocenters. The number of ether oxygens (including phenoxy) is 1. The van der Waals surface area contributed by atoms with Crippen LogP contribution in [0.3, 0.4) is 0 Å². The second-order valence-corrected chi connectivity index (χ2v) is 6.37. The van der Waals surface area contributed by atoms with Crippen LogP contribution in [-0.2, 0) is 4.74 Å². The minimum absolute atomic E-state index is 0.213. The van der Waals surface area contributed by atoms with E-state index >= 15 is 0 Å². The van der Waals surface area contributed by atoms with Crippen LogP contribution < -0.4 is 10.6 Å². The van der Waals surface area contributed by atoms with Crippen molar-refractivity contribution >= 4 is 16.9 Å². The van der Waals surface area contributed by atoms with Gasteiger partial charge in [-0.05, 0) is 12.1 Å². The summed E-state index contributed by atoms with van der Waals surface area (Å²) in [4.78, 5) is 31.0. The number of aromatic amines is 1. The Morgan fingerprint density at radius 3 is 2.64 bits per heavy atom. The number of fused-ring (bicyclic) bond motifs is 1. The molecule has 1 fully saturated rings. The fourth-order valence-electron chi connectivity index (χ4n) is 3.22. The van der Waals surface area contributed by atoms with Gasteiger partial charge in [-0.15, -0.1) is 9.78 Å². The highest BCUT2D eigenvalue weighted by atomic mass is 16.5. The molecule has 9 nitrogen and oxygen atoms in total. The summed E-state index contributed by atoms with van der Waals surface area (Å²) in [5.41, 5.74) is 1.77. The summed E-state index contributed by atoms with van der Waals surface area (Å²) in [6.07, 6.45) is 1.71. The molecule has 4 aromatic rings. The first-order chi connectivity index (χ1) is 13.8. The third-order valence-electron chi connectivity index (χ3n) is 4.59. The van der Waals surface area contributed by atoms with Gasteiger partial charge in [0.2, 0.25) is 0 Å². The molecule has 0 spiro atoms. The first kappa shape index (κ1) is 16.6. The number of hydrogen-bond acceptors (Lipinski definition) is 7. The van der Waals surface area contributed by atoms with E-state index in [1.54, 1.807) is 6.20 Å². The van der Waals surface area contributed by atoms with Crippen LogP contribution in [0.5, 0.6) is 0 Å². The van der Waals surface area contributed by atoms with Gasteiger partial charge in [-0.3, -0.25) is 9.97 Å². The highest BCUT2D eigenvalue weighted by Gasteiger charge is 2.20. The SMILES string of the molecule is O=c1[nH]c(-c2ccccc2)nn1-c1nc(N2CCOCC2)c2ncccc2n1. The molecule has 0 aliphatic carbocycles. The molecule has 1 N–H and O–H groups in total. The Morgan fingerprint density at radius 1 is 1.00 bits per heavy atom. The third kappa shape index (κ3) is 2.91. The molecule has 1 saturated heterocycles. The molecule has 28 heavy (non-hydrogen) atoms. The predicted octanol–water partition coefficient (Wildman–Crippen LogP) is 1.40. The summed E-state index contributed by atoms with van der Waals surface area (Å²) in [6, 6.07) is 13.1. The van der Waals surface area contributed by atoms with E-state index < -0.39 is 5.69 Å². The van der Waals surface area contributed by atoms with E-state index in [0.717, 1.165) is 5.56 Å². The highest BCUT2D eigenvalue weighted by Crippen LogP contribution is 2.23. The van der Waals surface area contributed by atoms with Gasteiger partial charge in [-0.1, -0.05) is 30.3 Å². The lowest BCUT2D eigenvalue weighted by molar-refractivity contribution is 0.122. The number of morpholine rings is 1. The Kier molecular flexibility index (Phi) is 4.06. The molecule has 9 heteroatoms. The summed E-state index contributed by atoms with van der Waals surface area (Å²) in [5.74, 6) is 1.36. The molecule has 0 saturated carbocycles. The molecule has 0 amide bonds. The molecular formula is C19H17N7O2. The van der Waals surface area contributed by atoms with Crippen molar-refractivity contribution in [2.24, 2.45) is 0 Å². The summed E-state index contributed by atoms with van der Waals surface area (Å²) in [7, 11) is 0. The molecule has 0 radical (unpaired) electrons. The van der Waals surface area contributed by atoms with Crippen LogP contribution in [-0.4, -0.2) is 56.0 Å². The number of nitrogens with zero attached hydrogens (tertiary/aromatic N) is 6. The van der Waals surface area contributed by atoms with Crippen LogP contribution in [0.15, 0.2) is 53.5 Å². The number of rotatable bonds is 3. The van der Waals surface area contributed by atoms with Gasteiger partial charge in [-0.2, -0.15) is 4.98 Å². The number of pyridine rings is 1. The minimum atomic E-state index is -0.393. The Hall–Kier alpha value is -3.59. The lowest BCUT2D eigenvalue weighted by Crippen LogP contribution is -2.37. The molecule has 0 bridgehead atoms. The number of H-pyrrole nitrogens is 1. The average molecular weight is 375 g/mol. The van der Waals surface area contributed by atoms with Crippen LogP contribution in [0, 0.1) is 0 Å². The summed E-state index contributed by atoms with van der Waals surface area (Å²) < 4.78 is 6.63. The van der Waals surface area contributed by atoms with Crippen molar-refractivity contribution in [2.75, 3.05) is 31.2 Å². The monoisotopic (exact) mass is 375 g/mol. The van der Waals surface area contributed by atoms with E-state index in [-0.39, 0.29) is 5.95 Å². The molecule has 140 valence electrons. The van der Waals surface area contributed by atoms with Crippen LogP contribution >= 0.6 is 0 Å². The molecule has 4 heterocycles. The normalized spacial score (nSPS) is 14.5. The number of benzene rings is 1. The van der Waals surface area contributed by atoms with Gasteiger partial charge in [0.05, 0.1) is 18.7 Å². The van der Waals surface area contributed by atoms with E-state index in [2.05, 4.69) is 29.9 Å². The lowest BCUT2D eigenvalue weighted by atomic mass is 10.2.